The van der Waals surface area contributed by atoms with E-state index in [1.165, 1.54) is 12.8 Å². The second-order valence-corrected chi connectivity index (χ2v) is 8.48. The second-order valence-electron chi connectivity index (χ2n) is 7.53. The molecule has 1 aliphatic heterocycles. The SMILES string of the molecule is CCNC(=NCC(C)(O)c1cccs1)NCC(c1ccc(C)o1)N1CCCC1. The van der Waals surface area contributed by atoms with E-state index in [-0.39, 0.29) is 6.04 Å². The Bertz CT molecular complexity index is 748. The van der Waals surface area contributed by atoms with Gasteiger partial charge in [-0.1, -0.05) is 6.07 Å². The highest BCUT2D eigenvalue weighted by atomic mass is 32.1. The van der Waals surface area contributed by atoms with Gasteiger partial charge in [0.1, 0.15) is 17.1 Å². The van der Waals surface area contributed by atoms with Crippen LogP contribution in [-0.2, 0) is 5.60 Å². The largest absolute Gasteiger partial charge is 0.465 e. The van der Waals surface area contributed by atoms with Crippen molar-refractivity contribution in [2.75, 3.05) is 32.7 Å². The zero-order valence-electron chi connectivity index (χ0n) is 17.1. The summed E-state index contributed by atoms with van der Waals surface area (Å²) >= 11 is 1.55. The molecular formula is C21H32N4O2S. The number of hydrogen-bond donors (Lipinski definition) is 3. The minimum atomic E-state index is -0.969. The molecule has 0 spiro atoms. The van der Waals surface area contributed by atoms with E-state index in [1.54, 1.807) is 11.3 Å². The lowest BCUT2D eigenvalue weighted by Gasteiger charge is -2.27. The number of aryl methyl sites for hydroxylation is 1. The van der Waals surface area contributed by atoms with Crippen molar-refractivity contribution in [1.82, 2.24) is 15.5 Å². The highest BCUT2D eigenvalue weighted by Crippen LogP contribution is 2.27. The first kappa shape index (κ1) is 20.9. The van der Waals surface area contributed by atoms with Crippen molar-refractivity contribution in [3.8, 4) is 0 Å². The van der Waals surface area contributed by atoms with Crippen LogP contribution in [0.2, 0.25) is 0 Å². The summed E-state index contributed by atoms with van der Waals surface area (Å²) in [6.45, 7) is 9.79. The number of aliphatic imine (C=N–C) groups is 1. The van der Waals surface area contributed by atoms with E-state index < -0.39 is 5.60 Å². The van der Waals surface area contributed by atoms with Crippen molar-refractivity contribution in [1.29, 1.82) is 0 Å². The predicted octanol–water partition coefficient (Wildman–Crippen LogP) is 3.25. The lowest BCUT2D eigenvalue weighted by atomic mass is 10.1. The van der Waals surface area contributed by atoms with Crippen LogP contribution in [0, 0.1) is 6.92 Å². The molecule has 0 radical (unpaired) electrons. The molecule has 7 heteroatoms. The molecule has 1 fully saturated rings. The Labute approximate surface area is 171 Å². The monoisotopic (exact) mass is 404 g/mol. The molecule has 28 heavy (non-hydrogen) atoms. The van der Waals surface area contributed by atoms with Crippen LogP contribution in [0.3, 0.4) is 0 Å². The predicted molar refractivity (Wildman–Crippen MR) is 115 cm³/mol. The summed E-state index contributed by atoms with van der Waals surface area (Å²) in [4.78, 5) is 8.03. The summed E-state index contributed by atoms with van der Waals surface area (Å²) in [5, 5.41) is 19.5. The highest BCUT2D eigenvalue weighted by Gasteiger charge is 2.27. The number of thiophene rings is 1. The third kappa shape index (κ3) is 5.37. The van der Waals surface area contributed by atoms with Crippen LogP contribution < -0.4 is 10.6 Å². The molecule has 0 amide bonds. The van der Waals surface area contributed by atoms with Gasteiger partial charge in [-0.3, -0.25) is 4.90 Å². The standard InChI is InChI=1S/C21H32N4O2S/c1-4-22-20(24-15-21(3,26)19-8-7-13-28-19)23-14-17(25-11-5-6-12-25)18-10-9-16(2)27-18/h7-10,13,17,26H,4-6,11-12,14-15H2,1-3H3,(H2,22,23,24). The van der Waals surface area contributed by atoms with Crippen LogP contribution >= 0.6 is 11.3 Å². The molecule has 1 aliphatic rings. The van der Waals surface area contributed by atoms with Crippen LogP contribution in [0.4, 0.5) is 0 Å². The summed E-state index contributed by atoms with van der Waals surface area (Å²) in [6.07, 6.45) is 2.46. The molecule has 1 saturated heterocycles. The van der Waals surface area contributed by atoms with Crippen molar-refractivity contribution < 1.29 is 9.52 Å². The summed E-state index contributed by atoms with van der Waals surface area (Å²) in [5.41, 5.74) is -0.969. The van der Waals surface area contributed by atoms with Crippen molar-refractivity contribution in [2.45, 2.75) is 45.3 Å². The average molecular weight is 405 g/mol. The summed E-state index contributed by atoms with van der Waals surface area (Å²) in [5.74, 6) is 2.65. The molecule has 0 bridgehead atoms. The van der Waals surface area contributed by atoms with Crippen LogP contribution in [0.5, 0.6) is 0 Å². The lowest BCUT2D eigenvalue weighted by molar-refractivity contribution is 0.0711. The molecule has 0 aromatic carbocycles. The van der Waals surface area contributed by atoms with Crippen LogP contribution in [0.15, 0.2) is 39.1 Å². The summed E-state index contributed by atoms with van der Waals surface area (Å²) in [6, 6.07) is 8.18. The van der Waals surface area contributed by atoms with E-state index in [9.17, 15) is 5.11 Å². The van der Waals surface area contributed by atoms with Gasteiger partial charge in [-0.2, -0.15) is 0 Å². The van der Waals surface area contributed by atoms with Gasteiger partial charge < -0.3 is 20.2 Å². The molecule has 0 saturated carbocycles. The van der Waals surface area contributed by atoms with E-state index in [2.05, 4.69) is 26.6 Å². The van der Waals surface area contributed by atoms with E-state index >= 15 is 0 Å². The van der Waals surface area contributed by atoms with Crippen molar-refractivity contribution >= 4 is 17.3 Å². The number of nitrogens with one attached hydrogen (secondary N) is 2. The van der Waals surface area contributed by atoms with Gasteiger partial charge >= 0.3 is 0 Å². The summed E-state index contributed by atoms with van der Waals surface area (Å²) < 4.78 is 5.93. The number of guanidine groups is 1. The van der Waals surface area contributed by atoms with Crippen molar-refractivity contribution in [3.63, 3.8) is 0 Å². The maximum Gasteiger partial charge on any atom is 0.191 e. The van der Waals surface area contributed by atoms with E-state index in [4.69, 9.17) is 4.42 Å². The molecule has 2 aromatic rings. The lowest BCUT2D eigenvalue weighted by Crippen LogP contribution is -2.43. The van der Waals surface area contributed by atoms with Crippen LogP contribution in [0.25, 0.3) is 0 Å². The molecule has 3 N–H and O–H groups in total. The van der Waals surface area contributed by atoms with Crippen LogP contribution in [-0.4, -0.2) is 48.7 Å². The topological polar surface area (TPSA) is 73.0 Å². The second kappa shape index (κ2) is 9.58. The smallest absolute Gasteiger partial charge is 0.191 e. The number of nitrogens with zero attached hydrogens (tertiary/aromatic N) is 2. The number of rotatable bonds is 8. The van der Waals surface area contributed by atoms with Crippen molar-refractivity contribution in [2.24, 2.45) is 4.99 Å². The minimum absolute atomic E-state index is 0.179. The fourth-order valence-corrected chi connectivity index (χ4v) is 4.31. The fourth-order valence-electron chi connectivity index (χ4n) is 3.53. The normalized spacial score (nSPS) is 18.8. The van der Waals surface area contributed by atoms with Gasteiger partial charge in [-0.15, -0.1) is 11.3 Å². The van der Waals surface area contributed by atoms with Crippen LogP contribution in [0.1, 0.15) is 49.1 Å². The Morgan fingerprint density at radius 2 is 2.11 bits per heavy atom. The zero-order valence-corrected chi connectivity index (χ0v) is 17.9. The molecule has 0 aliphatic carbocycles. The van der Waals surface area contributed by atoms with Crippen molar-refractivity contribution in [3.05, 3.63) is 46.0 Å². The van der Waals surface area contributed by atoms with Gasteiger partial charge in [0, 0.05) is 18.0 Å². The third-order valence-electron chi connectivity index (χ3n) is 5.08. The quantitative estimate of drug-likeness (QED) is 0.465. The van der Waals surface area contributed by atoms with E-state index in [0.717, 1.165) is 36.0 Å². The third-order valence-corrected chi connectivity index (χ3v) is 6.20. The zero-order chi connectivity index (χ0) is 20.0. The molecule has 6 nitrogen and oxygen atoms in total. The minimum Gasteiger partial charge on any atom is -0.465 e. The Balaban J connectivity index is 1.68. The summed E-state index contributed by atoms with van der Waals surface area (Å²) in [7, 11) is 0. The van der Waals surface area contributed by atoms with E-state index in [1.807, 2.05) is 44.4 Å². The van der Waals surface area contributed by atoms with Gasteiger partial charge in [0.2, 0.25) is 0 Å². The number of furan rings is 1. The van der Waals surface area contributed by atoms with Gasteiger partial charge in [0.05, 0.1) is 12.6 Å². The molecule has 2 atom stereocenters. The molecule has 2 aromatic heterocycles. The molecule has 2 unspecified atom stereocenters. The highest BCUT2D eigenvalue weighted by molar-refractivity contribution is 7.10. The van der Waals surface area contributed by atoms with Gasteiger partial charge in [-0.05, 0) is 70.3 Å². The number of hydrogen-bond acceptors (Lipinski definition) is 5. The maximum atomic E-state index is 10.7. The maximum absolute atomic E-state index is 10.7. The fraction of sp³-hybridized carbons (Fsp3) is 0.571. The first-order valence-corrected chi connectivity index (χ1v) is 11.0. The van der Waals surface area contributed by atoms with Gasteiger partial charge in [0.15, 0.2) is 5.96 Å². The number of likely N-dealkylation sites (tertiary alicyclic amines) is 1. The molecule has 3 heterocycles. The Kier molecular flexibility index (Phi) is 7.15. The molecular weight excluding hydrogens is 372 g/mol. The average Bonchev–Trinajstić information content (AvgIpc) is 3.42. The first-order chi connectivity index (χ1) is 13.5. The number of aliphatic hydroxyl groups is 1. The van der Waals surface area contributed by atoms with E-state index in [0.29, 0.717) is 19.0 Å². The van der Waals surface area contributed by atoms with Gasteiger partial charge in [0.25, 0.3) is 0 Å². The Hall–Kier alpha value is -1.83. The molecule has 3 rings (SSSR count). The first-order valence-electron chi connectivity index (χ1n) is 10.1. The Morgan fingerprint density at radius 1 is 1.32 bits per heavy atom. The molecule has 154 valence electrons. The van der Waals surface area contributed by atoms with Gasteiger partial charge in [-0.25, -0.2) is 4.99 Å². The Morgan fingerprint density at radius 3 is 2.71 bits per heavy atom.